The van der Waals surface area contributed by atoms with Gasteiger partial charge in [-0.1, -0.05) is 13.3 Å². The minimum atomic E-state index is -0.414. The average Bonchev–Trinajstić information content (AvgIpc) is 2.45. The number of amides is 1. The van der Waals surface area contributed by atoms with Crippen molar-refractivity contribution in [3.8, 4) is 5.75 Å². The summed E-state index contributed by atoms with van der Waals surface area (Å²) in [6.45, 7) is 2.29. The summed E-state index contributed by atoms with van der Waals surface area (Å²) in [5.74, 6) is -0.311. The van der Waals surface area contributed by atoms with Crippen molar-refractivity contribution >= 4 is 17.6 Å². The number of benzene rings is 1. The Morgan fingerprint density at radius 2 is 2.10 bits per heavy atom. The zero-order valence-electron chi connectivity index (χ0n) is 11.8. The van der Waals surface area contributed by atoms with Gasteiger partial charge < -0.3 is 20.5 Å². The van der Waals surface area contributed by atoms with Crippen molar-refractivity contribution in [2.75, 3.05) is 26.0 Å². The van der Waals surface area contributed by atoms with Crippen LogP contribution in [0.15, 0.2) is 18.2 Å². The molecule has 0 aliphatic heterocycles. The lowest BCUT2D eigenvalue weighted by atomic mass is 10.2. The van der Waals surface area contributed by atoms with Crippen molar-refractivity contribution in [1.29, 1.82) is 0 Å². The van der Waals surface area contributed by atoms with Crippen LogP contribution < -0.4 is 15.8 Å². The predicted molar refractivity (Wildman–Crippen MR) is 75.6 cm³/mol. The van der Waals surface area contributed by atoms with Gasteiger partial charge in [-0.05, 0) is 24.6 Å². The molecule has 3 N–H and O–H groups in total. The van der Waals surface area contributed by atoms with E-state index in [1.165, 1.54) is 13.1 Å². The first kappa shape index (κ1) is 15.8. The maximum absolute atomic E-state index is 11.7. The minimum absolute atomic E-state index is 0.124. The first-order valence-corrected chi connectivity index (χ1v) is 6.48. The number of carbonyl (C=O) groups excluding carboxylic acids is 2. The topological polar surface area (TPSA) is 90.6 Å². The van der Waals surface area contributed by atoms with Gasteiger partial charge in [0.25, 0.3) is 5.91 Å². The van der Waals surface area contributed by atoms with Gasteiger partial charge >= 0.3 is 5.97 Å². The fourth-order valence-corrected chi connectivity index (χ4v) is 1.41. The Kier molecular flexibility index (Phi) is 6.36. The lowest BCUT2D eigenvalue weighted by Crippen LogP contribution is -2.25. The molecule has 1 aromatic rings. The Labute approximate surface area is 118 Å². The first-order chi connectivity index (χ1) is 9.58. The molecule has 0 heterocycles. The summed E-state index contributed by atoms with van der Waals surface area (Å²) >= 11 is 0. The van der Waals surface area contributed by atoms with Crippen LogP contribution in [0, 0.1) is 0 Å². The number of rotatable bonds is 7. The number of unbranched alkanes of at least 4 members (excludes halogenated alkanes) is 1. The van der Waals surface area contributed by atoms with Gasteiger partial charge in [-0.3, -0.25) is 4.79 Å². The summed E-state index contributed by atoms with van der Waals surface area (Å²) < 4.78 is 10.3. The molecule has 110 valence electrons. The molecule has 6 nitrogen and oxygen atoms in total. The SMILES string of the molecule is CCCCOC(=O)c1ccc(OCC(=O)NC)c(N)c1. The quantitative estimate of drug-likeness (QED) is 0.447. The molecule has 0 bridgehead atoms. The zero-order chi connectivity index (χ0) is 15.0. The number of carbonyl (C=O) groups is 2. The van der Waals surface area contributed by atoms with E-state index in [1.807, 2.05) is 6.92 Å². The van der Waals surface area contributed by atoms with Crippen molar-refractivity contribution in [3.63, 3.8) is 0 Å². The summed E-state index contributed by atoms with van der Waals surface area (Å²) in [6.07, 6.45) is 1.79. The number of likely N-dealkylation sites (N-methyl/N-ethyl adjacent to an activating group) is 1. The van der Waals surface area contributed by atoms with Crippen molar-refractivity contribution in [2.24, 2.45) is 0 Å². The van der Waals surface area contributed by atoms with E-state index in [0.29, 0.717) is 23.6 Å². The number of ether oxygens (including phenoxy) is 2. The third kappa shape index (κ3) is 4.79. The molecule has 1 aromatic carbocycles. The van der Waals surface area contributed by atoms with E-state index in [2.05, 4.69) is 5.32 Å². The molecule has 1 amide bonds. The number of nitrogens with one attached hydrogen (secondary N) is 1. The van der Waals surface area contributed by atoms with Crippen LogP contribution in [-0.2, 0) is 9.53 Å². The third-order valence-corrected chi connectivity index (χ3v) is 2.61. The van der Waals surface area contributed by atoms with Crippen LogP contribution in [0.2, 0.25) is 0 Å². The van der Waals surface area contributed by atoms with Gasteiger partial charge in [-0.25, -0.2) is 4.79 Å². The van der Waals surface area contributed by atoms with E-state index in [-0.39, 0.29) is 12.5 Å². The predicted octanol–water partition coefficient (Wildman–Crippen LogP) is 1.35. The second kappa shape index (κ2) is 8.04. The number of nitrogens with two attached hydrogens (primary N) is 1. The van der Waals surface area contributed by atoms with E-state index in [9.17, 15) is 9.59 Å². The first-order valence-electron chi connectivity index (χ1n) is 6.48. The van der Waals surface area contributed by atoms with Gasteiger partial charge in [0.05, 0.1) is 17.9 Å². The number of hydrogen-bond donors (Lipinski definition) is 2. The molecule has 0 spiro atoms. The summed E-state index contributed by atoms with van der Waals surface area (Å²) in [5.41, 5.74) is 6.43. The number of nitrogen functional groups attached to an aromatic ring is 1. The molecule has 0 fully saturated rings. The van der Waals surface area contributed by atoms with Crippen molar-refractivity contribution in [3.05, 3.63) is 23.8 Å². The van der Waals surface area contributed by atoms with E-state index in [0.717, 1.165) is 12.8 Å². The molecule has 20 heavy (non-hydrogen) atoms. The monoisotopic (exact) mass is 280 g/mol. The maximum atomic E-state index is 11.7. The minimum Gasteiger partial charge on any atom is -0.482 e. The highest BCUT2D eigenvalue weighted by Gasteiger charge is 2.10. The van der Waals surface area contributed by atoms with Crippen LogP contribution in [0.25, 0.3) is 0 Å². The molecule has 0 aliphatic carbocycles. The van der Waals surface area contributed by atoms with Gasteiger partial charge in [0.15, 0.2) is 6.61 Å². The van der Waals surface area contributed by atoms with E-state index in [4.69, 9.17) is 15.2 Å². The molecule has 0 saturated heterocycles. The average molecular weight is 280 g/mol. The summed E-state index contributed by atoms with van der Waals surface area (Å²) in [7, 11) is 1.52. The molecular weight excluding hydrogens is 260 g/mol. The van der Waals surface area contributed by atoms with Gasteiger partial charge in [-0.2, -0.15) is 0 Å². The van der Waals surface area contributed by atoms with Crippen molar-refractivity contribution in [1.82, 2.24) is 5.32 Å². The van der Waals surface area contributed by atoms with Crippen molar-refractivity contribution < 1.29 is 19.1 Å². The van der Waals surface area contributed by atoms with Gasteiger partial charge in [0.1, 0.15) is 5.75 Å². The molecule has 0 unspecified atom stereocenters. The largest absolute Gasteiger partial charge is 0.482 e. The van der Waals surface area contributed by atoms with Gasteiger partial charge in [0.2, 0.25) is 0 Å². The molecule has 6 heteroatoms. The normalized spacial score (nSPS) is 9.90. The van der Waals surface area contributed by atoms with E-state index >= 15 is 0 Å². The Balaban J connectivity index is 2.62. The fourth-order valence-electron chi connectivity index (χ4n) is 1.41. The second-order valence-corrected chi connectivity index (χ2v) is 4.20. The number of anilines is 1. The number of esters is 1. The van der Waals surface area contributed by atoms with Crippen LogP contribution in [-0.4, -0.2) is 32.1 Å². The fraction of sp³-hybridized carbons (Fsp3) is 0.429. The smallest absolute Gasteiger partial charge is 0.338 e. The van der Waals surface area contributed by atoms with Gasteiger partial charge in [-0.15, -0.1) is 0 Å². The lowest BCUT2D eigenvalue weighted by molar-refractivity contribution is -0.122. The second-order valence-electron chi connectivity index (χ2n) is 4.20. The zero-order valence-corrected chi connectivity index (χ0v) is 11.8. The Hall–Kier alpha value is -2.24. The van der Waals surface area contributed by atoms with E-state index < -0.39 is 5.97 Å². The molecule has 0 aromatic heterocycles. The lowest BCUT2D eigenvalue weighted by Gasteiger charge is -2.09. The summed E-state index contributed by atoms with van der Waals surface area (Å²) in [6, 6.07) is 4.59. The van der Waals surface area contributed by atoms with Gasteiger partial charge in [0, 0.05) is 7.05 Å². The van der Waals surface area contributed by atoms with E-state index in [1.54, 1.807) is 12.1 Å². The standard InChI is InChI=1S/C14H20N2O4/c1-3-4-7-19-14(18)10-5-6-12(11(15)8-10)20-9-13(17)16-2/h5-6,8H,3-4,7,9,15H2,1-2H3,(H,16,17). The molecule has 0 aliphatic rings. The van der Waals surface area contributed by atoms with Crippen LogP contribution in [0.1, 0.15) is 30.1 Å². The third-order valence-electron chi connectivity index (χ3n) is 2.61. The van der Waals surface area contributed by atoms with Crippen LogP contribution >= 0.6 is 0 Å². The summed E-state index contributed by atoms with van der Waals surface area (Å²) in [5, 5.41) is 2.43. The van der Waals surface area contributed by atoms with Crippen molar-refractivity contribution in [2.45, 2.75) is 19.8 Å². The van der Waals surface area contributed by atoms with Crippen LogP contribution in [0.5, 0.6) is 5.75 Å². The highest BCUT2D eigenvalue weighted by atomic mass is 16.5. The molecule has 0 atom stereocenters. The Morgan fingerprint density at radius 3 is 2.70 bits per heavy atom. The number of hydrogen-bond acceptors (Lipinski definition) is 5. The Morgan fingerprint density at radius 1 is 1.35 bits per heavy atom. The molecule has 0 saturated carbocycles. The maximum Gasteiger partial charge on any atom is 0.338 e. The van der Waals surface area contributed by atoms with Crippen LogP contribution in [0.4, 0.5) is 5.69 Å². The molecule has 0 radical (unpaired) electrons. The summed E-state index contributed by atoms with van der Waals surface area (Å²) in [4.78, 5) is 22.8. The Bertz CT molecular complexity index is 474. The van der Waals surface area contributed by atoms with Crippen LogP contribution in [0.3, 0.4) is 0 Å². The highest BCUT2D eigenvalue weighted by molar-refractivity contribution is 5.91. The molecular formula is C14H20N2O4. The molecule has 1 rings (SSSR count). The highest BCUT2D eigenvalue weighted by Crippen LogP contribution is 2.22.